The van der Waals surface area contributed by atoms with Gasteiger partial charge in [0.1, 0.15) is 7.85 Å². The Morgan fingerprint density at radius 1 is 1.05 bits per heavy atom. The van der Waals surface area contributed by atoms with E-state index in [0.29, 0.717) is 23.3 Å². The third-order valence-electron chi connectivity index (χ3n) is 7.88. The number of aliphatic hydroxyl groups excluding tert-OH is 1. The number of hydrogen-bond acceptors (Lipinski definition) is 2. The van der Waals surface area contributed by atoms with Crippen LogP contribution in [-0.2, 0) is 0 Å². The summed E-state index contributed by atoms with van der Waals surface area (Å²) >= 11 is 0. The standard InChI is InChI=1S/C18H32BNO/c1-10-3-4-13-15(20-10)6-5-12-11-7-8-18(2,19)14(11)9-16(21)17(12)13/h10-17,20-21H,3-9,19H2,1-2H3/t10?,11?,12?,13-,14-,15?,16-,17?,18?/m0/s1. The molecule has 1 aliphatic heterocycles. The Morgan fingerprint density at radius 3 is 2.62 bits per heavy atom. The molecule has 4 fully saturated rings. The van der Waals surface area contributed by atoms with Gasteiger partial charge in [-0.05, 0) is 68.6 Å². The van der Waals surface area contributed by atoms with Gasteiger partial charge in [-0.15, -0.1) is 0 Å². The molecule has 0 aromatic rings. The van der Waals surface area contributed by atoms with Crippen molar-refractivity contribution in [2.45, 2.75) is 82.3 Å². The highest BCUT2D eigenvalue weighted by atomic mass is 16.3. The van der Waals surface area contributed by atoms with Gasteiger partial charge >= 0.3 is 0 Å². The lowest BCUT2D eigenvalue weighted by molar-refractivity contribution is -0.0921. The van der Waals surface area contributed by atoms with Crippen LogP contribution < -0.4 is 5.32 Å². The predicted molar refractivity (Wildman–Crippen MR) is 89.1 cm³/mol. The maximum atomic E-state index is 11.0. The van der Waals surface area contributed by atoms with Crippen molar-refractivity contribution in [1.82, 2.24) is 5.32 Å². The van der Waals surface area contributed by atoms with E-state index in [1.165, 1.54) is 38.5 Å². The van der Waals surface area contributed by atoms with Crippen molar-refractivity contribution in [2.24, 2.45) is 29.6 Å². The molecule has 21 heavy (non-hydrogen) atoms. The Kier molecular flexibility index (Phi) is 3.46. The number of hydrogen-bond donors (Lipinski definition) is 2. The van der Waals surface area contributed by atoms with Crippen LogP contribution in [0.3, 0.4) is 0 Å². The molecular formula is C18H32BNO. The second kappa shape index (κ2) is 4.99. The molecule has 3 heteroatoms. The van der Waals surface area contributed by atoms with Gasteiger partial charge in [0, 0.05) is 12.1 Å². The summed E-state index contributed by atoms with van der Waals surface area (Å²) in [6.07, 6.45) is 9.21. The van der Waals surface area contributed by atoms with Gasteiger partial charge in [-0.3, -0.25) is 0 Å². The molecule has 1 saturated heterocycles. The third-order valence-corrected chi connectivity index (χ3v) is 7.88. The molecule has 9 atom stereocenters. The van der Waals surface area contributed by atoms with Crippen LogP contribution in [0.1, 0.15) is 58.8 Å². The van der Waals surface area contributed by atoms with Crippen LogP contribution in [0.25, 0.3) is 0 Å². The minimum Gasteiger partial charge on any atom is -0.393 e. The Hall–Kier alpha value is -0.0151. The number of nitrogens with one attached hydrogen (secondary N) is 1. The van der Waals surface area contributed by atoms with Gasteiger partial charge in [0.15, 0.2) is 0 Å². The van der Waals surface area contributed by atoms with E-state index in [9.17, 15) is 5.11 Å². The van der Waals surface area contributed by atoms with Crippen LogP contribution in [0.2, 0.25) is 5.31 Å². The molecule has 0 amide bonds. The summed E-state index contributed by atoms with van der Waals surface area (Å²) in [5, 5.41) is 15.3. The minimum atomic E-state index is -0.0309. The van der Waals surface area contributed by atoms with Crippen molar-refractivity contribution in [2.75, 3.05) is 0 Å². The van der Waals surface area contributed by atoms with E-state index in [1.807, 2.05) is 0 Å². The van der Waals surface area contributed by atoms with Crippen molar-refractivity contribution in [3.05, 3.63) is 0 Å². The molecule has 0 spiro atoms. The number of aliphatic hydroxyl groups is 1. The number of piperidine rings is 1. The lowest BCUT2D eigenvalue weighted by Gasteiger charge is -2.55. The van der Waals surface area contributed by atoms with E-state index in [0.717, 1.165) is 30.1 Å². The molecule has 118 valence electrons. The van der Waals surface area contributed by atoms with Crippen LogP contribution in [0.5, 0.6) is 0 Å². The van der Waals surface area contributed by atoms with Crippen molar-refractivity contribution in [3.8, 4) is 0 Å². The largest absolute Gasteiger partial charge is 0.393 e. The van der Waals surface area contributed by atoms with Gasteiger partial charge in [0.2, 0.25) is 0 Å². The van der Waals surface area contributed by atoms with Crippen molar-refractivity contribution in [3.63, 3.8) is 0 Å². The molecule has 4 rings (SSSR count). The summed E-state index contributed by atoms with van der Waals surface area (Å²) in [5.74, 6) is 3.85. The van der Waals surface area contributed by atoms with Gasteiger partial charge < -0.3 is 10.4 Å². The second-order valence-corrected chi connectivity index (χ2v) is 9.33. The number of fused-ring (bicyclic) bond motifs is 5. The smallest absolute Gasteiger partial charge is 0.109 e. The molecule has 0 aromatic heterocycles. The highest BCUT2D eigenvalue weighted by Crippen LogP contribution is 2.62. The molecule has 3 aliphatic carbocycles. The zero-order valence-electron chi connectivity index (χ0n) is 14.0. The summed E-state index contributed by atoms with van der Waals surface area (Å²) in [5.41, 5.74) is 0. The maximum absolute atomic E-state index is 11.0. The minimum absolute atomic E-state index is 0.0309. The van der Waals surface area contributed by atoms with Crippen LogP contribution in [0.4, 0.5) is 0 Å². The summed E-state index contributed by atoms with van der Waals surface area (Å²) in [6, 6.07) is 1.37. The lowest BCUT2D eigenvalue weighted by Crippen LogP contribution is -2.58. The van der Waals surface area contributed by atoms with Gasteiger partial charge in [-0.25, -0.2) is 0 Å². The maximum Gasteiger partial charge on any atom is 0.109 e. The Bertz CT molecular complexity index is 412. The molecule has 0 radical (unpaired) electrons. The molecule has 3 saturated carbocycles. The van der Waals surface area contributed by atoms with Gasteiger partial charge in [0.25, 0.3) is 0 Å². The first-order valence-corrected chi connectivity index (χ1v) is 9.41. The summed E-state index contributed by atoms with van der Waals surface area (Å²) in [6.45, 7) is 4.77. The average molecular weight is 289 g/mol. The fourth-order valence-electron chi connectivity index (χ4n) is 6.85. The monoisotopic (exact) mass is 289 g/mol. The fraction of sp³-hybridized carbons (Fsp3) is 1.00. The van der Waals surface area contributed by atoms with Gasteiger partial charge in [0.05, 0.1) is 6.10 Å². The Balaban J connectivity index is 1.59. The molecule has 0 bridgehead atoms. The van der Waals surface area contributed by atoms with Gasteiger partial charge in [-0.2, -0.15) is 0 Å². The molecule has 1 heterocycles. The lowest BCUT2D eigenvalue weighted by atomic mass is 9.51. The summed E-state index contributed by atoms with van der Waals surface area (Å²) < 4.78 is 0. The van der Waals surface area contributed by atoms with E-state index >= 15 is 0 Å². The molecule has 0 aromatic carbocycles. The fourth-order valence-corrected chi connectivity index (χ4v) is 6.85. The Labute approximate surface area is 130 Å². The van der Waals surface area contributed by atoms with E-state index in [1.54, 1.807) is 0 Å². The van der Waals surface area contributed by atoms with Crippen molar-refractivity contribution < 1.29 is 5.11 Å². The van der Waals surface area contributed by atoms with E-state index in [2.05, 4.69) is 27.0 Å². The first kappa shape index (κ1) is 14.6. The molecule has 2 nitrogen and oxygen atoms in total. The summed E-state index contributed by atoms with van der Waals surface area (Å²) in [7, 11) is 2.44. The first-order valence-electron chi connectivity index (χ1n) is 9.41. The number of rotatable bonds is 0. The van der Waals surface area contributed by atoms with Crippen LogP contribution in [0, 0.1) is 29.6 Å². The molecule has 6 unspecified atom stereocenters. The highest BCUT2D eigenvalue weighted by Gasteiger charge is 2.56. The Morgan fingerprint density at radius 2 is 1.81 bits per heavy atom. The SMILES string of the molecule is BC1(C)CCC2C3CCC4NC(C)CC[C@@H]4C3[C@@H](O)C[C@@H]21. The zero-order chi connectivity index (χ0) is 14.8. The topological polar surface area (TPSA) is 32.3 Å². The summed E-state index contributed by atoms with van der Waals surface area (Å²) in [4.78, 5) is 0. The van der Waals surface area contributed by atoms with E-state index in [-0.39, 0.29) is 6.10 Å². The van der Waals surface area contributed by atoms with Crippen molar-refractivity contribution >= 4 is 7.85 Å². The molecular weight excluding hydrogens is 257 g/mol. The quantitative estimate of drug-likeness (QED) is 0.671. The predicted octanol–water partition coefficient (Wildman–Crippen LogP) is 2.37. The van der Waals surface area contributed by atoms with Crippen LogP contribution >= 0.6 is 0 Å². The van der Waals surface area contributed by atoms with E-state index < -0.39 is 0 Å². The second-order valence-electron chi connectivity index (χ2n) is 9.33. The molecule has 4 aliphatic rings. The third kappa shape index (κ3) is 2.22. The van der Waals surface area contributed by atoms with Crippen LogP contribution in [0.15, 0.2) is 0 Å². The average Bonchev–Trinajstić information content (AvgIpc) is 2.74. The highest BCUT2D eigenvalue weighted by molar-refractivity contribution is 6.15. The van der Waals surface area contributed by atoms with E-state index in [4.69, 9.17) is 0 Å². The van der Waals surface area contributed by atoms with Crippen LogP contribution in [-0.4, -0.2) is 31.1 Å². The molecule has 2 N–H and O–H groups in total. The normalized spacial score (nSPS) is 60.0. The first-order chi connectivity index (χ1) is 9.97. The zero-order valence-corrected chi connectivity index (χ0v) is 14.0. The van der Waals surface area contributed by atoms with Gasteiger partial charge in [-0.1, -0.05) is 25.1 Å². The van der Waals surface area contributed by atoms with Crippen molar-refractivity contribution in [1.29, 1.82) is 0 Å².